The SMILES string of the molecule is CCNC(C)c1cc(Cl)ccc1OCc1c(C)noc1C. The molecule has 1 atom stereocenters. The standard InChI is InChI=1S/C16H21ClN2O2/c1-5-18-10(2)14-8-13(17)6-7-16(14)20-9-15-11(3)19-21-12(15)4/h6-8,10,18H,5,9H2,1-4H3. The molecule has 1 aromatic heterocycles. The first-order valence-corrected chi connectivity index (χ1v) is 7.48. The molecule has 0 saturated heterocycles. The Hall–Kier alpha value is -1.52. The van der Waals surface area contributed by atoms with E-state index in [0.717, 1.165) is 34.9 Å². The summed E-state index contributed by atoms with van der Waals surface area (Å²) in [7, 11) is 0. The van der Waals surface area contributed by atoms with Crippen LogP contribution in [0.2, 0.25) is 5.02 Å². The van der Waals surface area contributed by atoms with Gasteiger partial charge in [0.25, 0.3) is 0 Å². The van der Waals surface area contributed by atoms with E-state index in [1.165, 1.54) is 0 Å². The molecule has 0 spiro atoms. The fourth-order valence-electron chi connectivity index (χ4n) is 2.26. The van der Waals surface area contributed by atoms with Gasteiger partial charge in [0, 0.05) is 16.6 Å². The molecular formula is C16H21ClN2O2. The van der Waals surface area contributed by atoms with Crippen LogP contribution < -0.4 is 10.1 Å². The molecule has 21 heavy (non-hydrogen) atoms. The number of hydrogen-bond donors (Lipinski definition) is 1. The van der Waals surface area contributed by atoms with Crippen LogP contribution in [0.25, 0.3) is 0 Å². The molecule has 0 amide bonds. The Morgan fingerprint density at radius 1 is 1.38 bits per heavy atom. The van der Waals surface area contributed by atoms with E-state index in [1.807, 2.05) is 32.0 Å². The van der Waals surface area contributed by atoms with Gasteiger partial charge in [0.1, 0.15) is 18.1 Å². The molecule has 0 saturated carbocycles. The summed E-state index contributed by atoms with van der Waals surface area (Å²) in [6.45, 7) is 9.30. The maximum Gasteiger partial charge on any atom is 0.140 e. The number of nitrogens with one attached hydrogen (secondary N) is 1. The normalized spacial score (nSPS) is 12.4. The lowest BCUT2D eigenvalue weighted by Gasteiger charge is -2.18. The molecule has 1 N–H and O–H groups in total. The second-order valence-corrected chi connectivity index (χ2v) is 5.49. The van der Waals surface area contributed by atoms with Gasteiger partial charge in [-0.1, -0.05) is 23.7 Å². The van der Waals surface area contributed by atoms with Gasteiger partial charge in [0.05, 0.1) is 11.3 Å². The molecule has 4 nitrogen and oxygen atoms in total. The van der Waals surface area contributed by atoms with Gasteiger partial charge in [0.2, 0.25) is 0 Å². The first-order chi connectivity index (χ1) is 10.0. The van der Waals surface area contributed by atoms with Crippen LogP contribution in [-0.2, 0) is 6.61 Å². The summed E-state index contributed by atoms with van der Waals surface area (Å²) >= 11 is 6.10. The van der Waals surface area contributed by atoms with Crippen LogP contribution >= 0.6 is 11.6 Å². The predicted molar refractivity (Wildman–Crippen MR) is 83.9 cm³/mol. The van der Waals surface area contributed by atoms with Gasteiger partial charge in [-0.3, -0.25) is 0 Å². The van der Waals surface area contributed by atoms with Crippen molar-refractivity contribution < 1.29 is 9.26 Å². The zero-order valence-electron chi connectivity index (χ0n) is 12.9. The van der Waals surface area contributed by atoms with E-state index in [4.69, 9.17) is 20.9 Å². The fraction of sp³-hybridized carbons (Fsp3) is 0.438. The van der Waals surface area contributed by atoms with Gasteiger partial charge in [-0.2, -0.15) is 0 Å². The third-order valence-electron chi connectivity index (χ3n) is 3.50. The molecule has 0 bridgehead atoms. The Morgan fingerprint density at radius 3 is 2.76 bits per heavy atom. The number of halogens is 1. The van der Waals surface area contributed by atoms with Crippen LogP contribution in [0.5, 0.6) is 5.75 Å². The zero-order valence-corrected chi connectivity index (χ0v) is 13.6. The third kappa shape index (κ3) is 3.77. The maximum atomic E-state index is 6.10. The number of benzene rings is 1. The highest BCUT2D eigenvalue weighted by Crippen LogP contribution is 2.29. The highest BCUT2D eigenvalue weighted by molar-refractivity contribution is 6.30. The van der Waals surface area contributed by atoms with Crippen LogP contribution in [0.3, 0.4) is 0 Å². The number of rotatable bonds is 6. The average Bonchev–Trinajstić information content (AvgIpc) is 2.77. The molecular weight excluding hydrogens is 288 g/mol. The first kappa shape index (κ1) is 15.9. The van der Waals surface area contributed by atoms with Crippen LogP contribution in [0.15, 0.2) is 22.7 Å². The highest BCUT2D eigenvalue weighted by Gasteiger charge is 2.14. The largest absolute Gasteiger partial charge is 0.488 e. The minimum atomic E-state index is 0.174. The number of hydrogen-bond acceptors (Lipinski definition) is 4. The Bertz CT molecular complexity index is 591. The Balaban J connectivity index is 2.19. The molecule has 2 aromatic rings. The predicted octanol–water partition coefficient (Wildman–Crippen LogP) is 4.19. The Kier molecular flexibility index (Phi) is 5.26. The first-order valence-electron chi connectivity index (χ1n) is 7.10. The van der Waals surface area contributed by atoms with Crippen LogP contribution in [0, 0.1) is 13.8 Å². The van der Waals surface area contributed by atoms with Crippen molar-refractivity contribution in [2.24, 2.45) is 0 Å². The second kappa shape index (κ2) is 6.96. The summed E-state index contributed by atoms with van der Waals surface area (Å²) in [6.07, 6.45) is 0. The number of nitrogens with zero attached hydrogens (tertiary/aromatic N) is 1. The minimum absolute atomic E-state index is 0.174. The van der Waals surface area contributed by atoms with Crippen molar-refractivity contribution in [1.29, 1.82) is 0 Å². The summed E-state index contributed by atoms with van der Waals surface area (Å²) in [6, 6.07) is 5.86. The molecule has 1 aromatic carbocycles. The summed E-state index contributed by atoms with van der Waals surface area (Å²) in [4.78, 5) is 0. The molecule has 2 rings (SSSR count). The molecule has 5 heteroatoms. The van der Waals surface area contributed by atoms with Crippen LogP contribution in [-0.4, -0.2) is 11.7 Å². The lowest BCUT2D eigenvalue weighted by Crippen LogP contribution is -2.18. The van der Waals surface area contributed by atoms with Crippen molar-refractivity contribution in [3.05, 3.63) is 45.8 Å². The molecule has 1 unspecified atom stereocenters. The Morgan fingerprint density at radius 2 is 2.14 bits per heavy atom. The van der Waals surface area contributed by atoms with E-state index in [1.54, 1.807) is 0 Å². The van der Waals surface area contributed by atoms with E-state index in [-0.39, 0.29) is 6.04 Å². The van der Waals surface area contributed by atoms with E-state index >= 15 is 0 Å². The third-order valence-corrected chi connectivity index (χ3v) is 3.74. The number of ether oxygens (including phenoxy) is 1. The van der Waals surface area contributed by atoms with Gasteiger partial charge in [-0.05, 0) is 45.5 Å². The minimum Gasteiger partial charge on any atom is -0.488 e. The molecule has 0 aliphatic carbocycles. The zero-order chi connectivity index (χ0) is 15.4. The summed E-state index contributed by atoms with van der Waals surface area (Å²) < 4.78 is 11.1. The number of aromatic nitrogens is 1. The van der Waals surface area contributed by atoms with Crippen LogP contribution in [0.1, 0.15) is 42.5 Å². The summed E-state index contributed by atoms with van der Waals surface area (Å²) in [5.74, 6) is 1.62. The molecule has 0 aliphatic heterocycles. The average molecular weight is 309 g/mol. The van der Waals surface area contributed by atoms with Gasteiger partial charge in [-0.25, -0.2) is 0 Å². The highest BCUT2D eigenvalue weighted by atomic mass is 35.5. The lowest BCUT2D eigenvalue weighted by molar-refractivity contribution is 0.296. The van der Waals surface area contributed by atoms with Crippen molar-refractivity contribution >= 4 is 11.6 Å². The molecule has 114 valence electrons. The summed E-state index contributed by atoms with van der Waals surface area (Å²) in [5, 5.41) is 8.02. The fourth-order valence-corrected chi connectivity index (χ4v) is 2.44. The van der Waals surface area contributed by atoms with Gasteiger partial charge in [-0.15, -0.1) is 0 Å². The lowest BCUT2D eigenvalue weighted by atomic mass is 10.1. The molecule has 0 aliphatic rings. The topological polar surface area (TPSA) is 47.3 Å². The van der Waals surface area contributed by atoms with E-state index in [9.17, 15) is 0 Å². The van der Waals surface area contributed by atoms with Crippen molar-refractivity contribution in [1.82, 2.24) is 10.5 Å². The van der Waals surface area contributed by atoms with Crippen molar-refractivity contribution in [3.63, 3.8) is 0 Å². The number of aryl methyl sites for hydroxylation is 2. The summed E-state index contributed by atoms with van der Waals surface area (Å²) in [5.41, 5.74) is 2.91. The Labute approximate surface area is 130 Å². The maximum absolute atomic E-state index is 6.10. The monoisotopic (exact) mass is 308 g/mol. The van der Waals surface area contributed by atoms with Gasteiger partial charge < -0.3 is 14.6 Å². The van der Waals surface area contributed by atoms with E-state index in [2.05, 4.69) is 24.3 Å². The van der Waals surface area contributed by atoms with E-state index in [0.29, 0.717) is 11.6 Å². The van der Waals surface area contributed by atoms with Crippen LogP contribution in [0.4, 0.5) is 0 Å². The van der Waals surface area contributed by atoms with Crippen molar-refractivity contribution in [3.8, 4) is 5.75 Å². The quantitative estimate of drug-likeness (QED) is 0.869. The molecule has 0 fully saturated rings. The second-order valence-electron chi connectivity index (χ2n) is 5.05. The van der Waals surface area contributed by atoms with Gasteiger partial charge in [0.15, 0.2) is 0 Å². The molecule has 0 radical (unpaired) electrons. The van der Waals surface area contributed by atoms with E-state index < -0.39 is 0 Å². The smallest absolute Gasteiger partial charge is 0.140 e. The molecule has 1 heterocycles. The van der Waals surface area contributed by atoms with Gasteiger partial charge >= 0.3 is 0 Å². The van der Waals surface area contributed by atoms with Crippen molar-refractivity contribution in [2.75, 3.05) is 6.54 Å². The van der Waals surface area contributed by atoms with Crippen molar-refractivity contribution in [2.45, 2.75) is 40.3 Å².